The minimum atomic E-state index is -0.352. The SMILES string of the molecule is Cc1nnc(CN2CCC3(C2)CN(C(=O)c2ccc(-n4cnnn4)cc2)CCO3)o1. The van der Waals surface area contributed by atoms with Crippen molar-refractivity contribution in [2.24, 2.45) is 0 Å². The van der Waals surface area contributed by atoms with Gasteiger partial charge in [-0.15, -0.1) is 15.3 Å². The number of amides is 1. The van der Waals surface area contributed by atoms with E-state index in [0.717, 1.165) is 25.2 Å². The van der Waals surface area contributed by atoms with Crippen LogP contribution in [0.15, 0.2) is 35.0 Å². The summed E-state index contributed by atoms with van der Waals surface area (Å²) in [4.78, 5) is 17.2. The van der Waals surface area contributed by atoms with E-state index in [9.17, 15) is 4.79 Å². The maximum atomic E-state index is 13.1. The average Bonchev–Trinajstić information content (AvgIpc) is 3.51. The fraction of sp³-hybridized carbons (Fsp3) is 0.474. The second-order valence-electron chi connectivity index (χ2n) is 7.73. The van der Waals surface area contributed by atoms with Gasteiger partial charge in [0.1, 0.15) is 6.33 Å². The van der Waals surface area contributed by atoms with E-state index in [0.29, 0.717) is 43.6 Å². The number of hydrogen-bond acceptors (Lipinski definition) is 9. The predicted molar refractivity (Wildman–Crippen MR) is 103 cm³/mol. The van der Waals surface area contributed by atoms with Gasteiger partial charge in [0.15, 0.2) is 0 Å². The summed E-state index contributed by atoms with van der Waals surface area (Å²) < 4.78 is 13.2. The third kappa shape index (κ3) is 3.68. The van der Waals surface area contributed by atoms with Crippen molar-refractivity contribution in [3.8, 4) is 5.69 Å². The van der Waals surface area contributed by atoms with Crippen LogP contribution in [0.5, 0.6) is 0 Å². The molecule has 0 bridgehead atoms. The quantitative estimate of drug-likeness (QED) is 0.605. The first kappa shape index (κ1) is 18.8. The number of ether oxygens (including phenoxy) is 1. The summed E-state index contributed by atoms with van der Waals surface area (Å²) in [5.41, 5.74) is 1.09. The van der Waals surface area contributed by atoms with Crippen LogP contribution >= 0.6 is 0 Å². The molecule has 3 aromatic rings. The minimum Gasteiger partial charge on any atom is -0.424 e. The summed E-state index contributed by atoms with van der Waals surface area (Å²) >= 11 is 0. The summed E-state index contributed by atoms with van der Waals surface area (Å²) in [6.07, 6.45) is 2.38. The zero-order valence-corrected chi connectivity index (χ0v) is 16.6. The van der Waals surface area contributed by atoms with Gasteiger partial charge in [0.2, 0.25) is 11.8 Å². The van der Waals surface area contributed by atoms with Gasteiger partial charge in [-0.2, -0.15) is 0 Å². The number of aromatic nitrogens is 6. The highest BCUT2D eigenvalue weighted by molar-refractivity contribution is 5.94. The molecule has 2 aliphatic heterocycles. The zero-order chi connectivity index (χ0) is 20.6. The first-order valence-corrected chi connectivity index (χ1v) is 9.88. The van der Waals surface area contributed by atoms with E-state index in [2.05, 4.69) is 30.6 Å². The van der Waals surface area contributed by atoms with Crippen molar-refractivity contribution >= 4 is 5.91 Å². The van der Waals surface area contributed by atoms with E-state index in [1.807, 2.05) is 17.0 Å². The third-order valence-electron chi connectivity index (χ3n) is 5.59. The Labute approximate surface area is 172 Å². The zero-order valence-electron chi connectivity index (χ0n) is 16.6. The molecular formula is C19H22N8O3. The van der Waals surface area contributed by atoms with Crippen molar-refractivity contribution in [3.63, 3.8) is 0 Å². The lowest BCUT2D eigenvalue weighted by Crippen LogP contribution is -2.54. The van der Waals surface area contributed by atoms with Crippen LogP contribution in [0.2, 0.25) is 0 Å². The number of carbonyl (C=O) groups is 1. The number of tetrazole rings is 1. The Hall–Kier alpha value is -3.18. The molecule has 1 spiro atoms. The molecule has 0 radical (unpaired) electrons. The van der Waals surface area contributed by atoms with E-state index in [4.69, 9.17) is 9.15 Å². The van der Waals surface area contributed by atoms with Crippen molar-refractivity contribution in [2.75, 3.05) is 32.8 Å². The Morgan fingerprint density at radius 2 is 2.03 bits per heavy atom. The number of aryl methyl sites for hydroxylation is 1. The smallest absolute Gasteiger partial charge is 0.254 e. The Morgan fingerprint density at radius 1 is 1.17 bits per heavy atom. The fourth-order valence-corrected chi connectivity index (χ4v) is 4.14. The van der Waals surface area contributed by atoms with E-state index < -0.39 is 0 Å². The number of morpholine rings is 1. The van der Waals surface area contributed by atoms with Gasteiger partial charge in [-0.25, -0.2) is 4.68 Å². The van der Waals surface area contributed by atoms with Crippen LogP contribution < -0.4 is 0 Å². The van der Waals surface area contributed by atoms with Crippen molar-refractivity contribution in [1.29, 1.82) is 0 Å². The van der Waals surface area contributed by atoms with Gasteiger partial charge in [0.05, 0.1) is 31.0 Å². The van der Waals surface area contributed by atoms with Crippen molar-refractivity contribution in [3.05, 3.63) is 47.9 Å². The molecule has 30 heavy (non-hydrogen) atoms. The Bertz CT molecular complexity index is 1020. The molecule has 11 nitrogen and oxygen atoms in total. The second kappa shape index (κ2) is 7.58. The number of hydrogen-bond donors (Lipinski definition) is 0. The summed E-state index contributed by atoms with van der Waals surface area (Å²) in [6.45, 7) is 5.66. The highest BCUT2D eigenvalue weighted by Gasteiger charge is 2.44. The molecule has 2 aliphatic rings. The molecular weight excluding hydrogens is 388 g/mol. The summed E-state index contributed by atoms with van der Waals surface area (Å²) in [5.74, 6) is 1.18. The molecule has 5 rings (SSSR count). The van der Waals surface area contributed by atoms with Gasteiger partial charge < -0.3 is 14.1 Å². The first-order valence-electron chi connectivity index (χ1n) is 9.88. The highest BCUT2D eigenvalue weighted by Crippen LogP contribution is 2.30. The predicted octanol–water partition coefficient (Wildman–Crippen LogP) is 0.471. The summed E-state index contributed by atoms with van der Waals surface area (Å²) in [7, 11) is 0. The number of carbonyl (C=O) groups excluding carboxylic acids is 1. The van der Waals surface area contributed by atoms with Crippen LogP contribution in [0, 0.1) is 6.92 Å². The van der Waals surface area contributed by atoms with Gasteiger partial charge >= 0.3 is 0 Å². The Balaban J connectivity index is 1.24. The largest absolute Gasteiger partial charge is 0.424 e. The monoisotopic (exact) mass is 410 g/mol. The maximum Gasteiger partial charge on any atom is 0.254 e. The highest BCUT2D eigenvalue weighted by atomic mass is 16.5. The van der Waals surface area contributed by atoms with Gasteiger partial charge in [0.25, 0.3) is 5.91 Å². The van der Waals surface area contributed by atoms with E-state index in [-0.39, 0.29) is 11.5 Å². The molecule has 2 fully saturated rings. The third-order valence-corrected chi connectivity index (χ3v) is 5.59. The fourth-order valence-electron chi connectivity index (χ4n) is 4.14. The van der Waals surface area contributed by atoms with E-state index in [1.54, 1.807) is 23.7 Å². The van der Waals surface area contributed by atoms with Crippen molar-refractivity contribution in [2.45, 2.75) is 25.5 Å². The first-order chi connectivity index (χ1) is 14.6. The summed E-state index contributed by atoms with van der Waals surface area (Å²) in [5, 5.41) is 19.1. The van der Waals surface area contributed by atoms with Crippen LogP contribution in [-0.4, -0.2) is 84.5 Å². The molecule has 1 amide bonds. The molecule has 2 saturated heterocycles. The molecule has 0 saturated carbocycles. The van der Waals surface area contributed by atoms with E-state index in [1.165, 1.54) is 6.33 Å². The van der Waals surface area contributed by atoms with Gasteiger partial charge in [0, 0.05) is 32.1 Å². The van der Waals surface area contributed by atoms with Gasteiger partial charge in [-0.3, -0.25) is 9.69 Å². The second-order valence-corrected chi connectivity index (χ2v) is 7.73. The van der Waals surface area contributed by atoms with E-state index >= 15 is 0 Å². The lowest BCUT2D eigenvalue weighted by Gasteiger charge is -2.40. The summed E-state index contributed by atoms with van der Waals surface area (Å²) in [6, 6.07) is 7.29. The molecule has 1 aromatic carbocycles. The lowest BCUT2D eigenvalue weighted by molar-refractivity contribution is -0.0921. The molecule has 2 aromatic heterocycles. The van der Waals surface area contributed by atoms with Crippen molar-refractivity contribution in [1.82, 2.24) is 40.2 Å². The van der Waals surface area contributed by atoms with Crippen LogP contribution in [0.4, 0.5) is 0 Å². The maximum absolute atomic E-state index is 13.1. The van der Waals surface area contributed by atoms with Crippen LogP contribution in [0.3, 0.4) is 0 Å². The molecule has 156 valence electrons. The normalized spacial score (nSPS) is 22.1. The molecule has 1 unspecified atom stereocenters. The Kier molecular flexibility index (Phi) is 4.75. The molecule has 11 heteroatoms. The molecule has 1 atom stereocenters. The topological polar surface area (TPSA) is 115 Å². The number of nitrogens with zero attached hydrogens (tertiary/aromatic N) is 8. The minimum absolute atomic E-state index is 0.00640. The number of benzene rings is 1. The molecule has 4 heterocycles. The van der Waals surface area contributed by atoms with Gasteiger partial charge in [-0.05, 0) is 41.1 Å². The van der Waals surface area contributed by atoms with Crippen LogP contribution in [-0.2, 0) is 11.3 Å². The van der Waals surface area contributed by atoms with Gasteiger partial charge in [-0.1, -0.05) is 0 Å². The number of rotatable bonds is 4. The van der Waals surface area contributed by atoms with Crippen LogP contribution in [0.1, 0.15) is 28.6 Å². The molecule has 0 aliphatic carbocycles. The van der Waals surface area contributed by atoms with Crippen molar-refractivity contribution < 1.29 is 13.9 Å². The Morgan fingerprint density at radius 3 is 2.77 bits per heavy atom. The lowest BCUT2D eigenvalue weighted by atomic mass is 10.00. The standard InChI is InChI=1S/C19H22N8O3/c1-14-21-22-17(30-14)10-25-7-6-19(11-25)12-26(8-9-29-19)18(28)15-2-4-16(5-3-15)27-13-20-23-24-27/h2-5,13H,6-12H2,1H3. The number of likely N-dealkylation sites (tertiary alicyclic amines) is 1. The average molecular weight is 410 g/mol. The van der Waals surface area contributed by atoms with Crippen LogP contribution in [0.25, 0.3) is 5.69 Å². The molecule has 0 N–H and O–H groups in total.